The van der Waals surface area contributed by atoms with Crippen molar-refractivity contribution in [2.75, 3.05) is 43.6 Å². The van der Waals surface area contributed by atoms with Crippen molar-refractivity contribution in [3.8, 4) is 0 Å². The van der Waals surface area contributed by atoms with E-state index < -0.39 is 10.0 Å². The normalized spacial score (nSPS) is 12.0. The first-order valence-corrected chi connectivity index (χ1v) is 8.64. The molecule has 21 heavy (non-hydrogen) atoms. The Kier molecular flexibility index (Phi) is 6.35. The smallest absolute Gasteiger partial charge is 0.215 e. The van der Waals surface area contributed by atoms with E-state index in [-0.39, 0.29) is 11.7 Å². The molecule has 0 spiro atoms. The van der Waals surface area contributed by atoms with E-state index in [2.05, 4.69) is 20.6 Å². The van der Waals surface area contributed by atoms with E-state index in [0.29, 0.717) is 12.4 Å². The van der Waals surface area contributed by atoms with Crippen LogP contribution in [-0.4, -0.2) is 55.6 Å². The zero-order valence-electron chi connectivity index (χ0n) is 13.3. The highest BCUT2D eigenvalue weighted by molar-refractivity contribution is 7.89. The molecule has 0 aliphatic rings. The van der Waals surface area contributed by atoms with Gasteiger partial charge in [0.25, 0.3) is 0 Å². The van der Waals surface area contributed by atoms with E-state index in [1.807, 2.05) is 20.8 Å². The van der Waals surface area contributed by atoms with Crippen molar-refractivity contribution >= 4 is 21.7 Å². The molecule has 120 valence electrons. The Bertz CT molecular complexity index is 558. The van der Waals surface area contributed by atoms with Crippen LogP contribution in [0.25, 0.3) is 0 Å². The van der Waals surface area contributed by atoms with Crippen LogP contribution in [0.2, 0.25) is 0 Å². The minimum absolute atomic E-state index is 0.0254. The van der Waals surface area contributed by atoms with Crippen LogP contribution >= 0.6 is 0 Å². The van der Waals surface area contributed by atoms with Crippen LogP contribution in [-0.2, 0) is 10.0 Å². The fourth-order valence-corrected chi connectivity index (χ4v) is 2.30. The standard InChI is InChI=1S/C13H25N5O2S/c1-6-14-11-9-12(17-13(16-11)10(2)3)15-7-8-21(19,20)18(4)5/h9-10H,6-8H2,1-5H3,(H2,14,15,16,17). The van der Waals surface area contributed by atoms with Crippen LogP contribution in [0.3, 0.4) is 0 Å². The van der Waals surface area contributed by atoms with Crippen molar-refractivity contribution in [2.24, 2.45) is 0 Å². The van der Waals surface area contributed by atoms with Gasteiger partial charge in [-0.3, -0.25) is 0 Å². The third-order valence-electron chi connectivity index (χ3n) is 2.84. The quantitative estimate of drug-likeness (QED) is 0.752. The fraction of sp³-hybridized carbons (Fsp3) is 0.692. The molecule has 2 N–H and O–H groups in total. The van der Waals surface area contributed by atoms with E-state index in [9.17, 15) is 8.42 Å². The Morgan fingerprint density at radius 1 is 1.19 bits per heavy atom. The summed E-state index contributed by atoms with van der Waals surface area (Å²) >= 11 is 0. The summed E-state index contributed by atoms with van der Waals surface area (Å²) in [6, 6.07) is 1.79. The zero-order chi connectivity index (χ0) is 16.0. The molecule has 1 aromatic heterocycles. The molecule has 0 fully saturated rings. The second kappa shape index (κ2) is 7.56. The van der Waals surface area contributed by atoms with E-state index >= 15 is 0 Å². The Morgan fingerprint density at radius 2 is 1.76 bits per heavy atom. The predicted molar refractivity (Wildman–Crippen MR) is 86.2 cm³/mol. The van der Waals surface area contributed by atoms with Crippen LogP contribution in [0.15, 0.2) is 6.07 Å². The van der Waals surface area contributed by atoms with Crippen molar-refractivity contribution in [1.29, 1.82) is 0 Å². The minimum Gasteiger partial charge on any atom is -0.370 e. The number of sulfonamides is 1. The molecule has 0 unspecified atom stereocenters. The van der Waals surface area contributed by atoms with Gasteiger partial charge in [0.05, 0.1) is 5.75 Å². The number of nitrogens with one attached hydrogen (secondary N) is 2. The highest BCUT2D eigenvalue weighted by atomic mass is 32.2. The van der Waals surface area contributed by atoms with Crippen molar-refractivity contribution in [2.45, 2.75) is 26.7 Å². The predicted octanol–water partition coefficient (Wildman–Crippen LogP) is 1.34. The minimum atomic E-state index is -3.20. The molecule has 0 aromatic carbocycles. The summed E-state index contributed by atoms with van der Waals surface area (Å²) in [5, 5.41) is 6.20. The van der Waals surface area contributed by atoms with E-state index in [1.165, 1.54) is 18.4 Å². The molecule has 1 rings (SSSR count). The van der Waals surface area contributed by atoms with Gasteiger partial charge in [-0.2, -0.15) is 0 Å². The lowest BCUT2D eigenvalue weighted by Gasteiger charge is -2.14. The number of rotatable bonds is 8. The lowest BCUT2D eigenvalue weighted by Crippen LogP contribution is -2.28. The summed E-state index contributed by atoms with van der Waals surface area (Å²) in [5.41, 5.74) is 0. The second-order valence-electron chi connectivity index (χ2n) is 5.21. The summed E-state index contributed by atoms with van der Waals surface area (Å²) in [6.45, 7) is 7.11. The van der Waals surface area contributed by atoms with Crippen molar-refractivity contribution in [3.63, 3.8) is 0 Å². The van der Waals surface area contributed by atoms with E-state index in [1.54, 1.807) is 6.07 Å². The monoisotopic (exact) mass is 315 g/mol. The molecule has 7 nitrogen and oxygen atoms in total. The van der Waals surface area contributed by atoms with Gasteiger partial charge in [0.2, 0.25) is 10.0 Å². The maximum Gasteiger partial charge on any atom is 0.215 e. The molecule has 0 atom stereocenters. The van der Waals surface area contributed by atoms with Crippen LogP contribution < -0.4 is 10.6 Å². The largest absolute Gasteiger partial charge is 0.370 e. The van der Waals surface area contributed by atoms with Crippen molar-refractivity contribution in [1.82, 2.24) is 14.3 Å². The first-order chi connectivity index (χ1) is 9.76. The Balaban J connectivity index is 2.78. The van der Waals surface area contributed by atoms with E-state index in [4.69, 9.17) is 0 Å². The molecular formula is C13H25N5O2S. The van der Waals surface area contributed by atoms with Gasteiger partial charge >= 0.3 is 0 Å². The summed E-state index contributed by atoms with van der Waals surface area (Å²) in [4.78, 5) is 8.83. The Labute approximate surface area is 127 Å². The third-order valence-corrected chi connectivity index (χ3v) is 4.67. The molecular weight excluding hydrogens is 290 g/mol. The van der Waals surface area contributed by atoms with Gasteiger partial charge < -0.3 is 10.6 Å². The van der Waals surface area contributed by atoms with Crippen LogP contribution in [0, 0.1) is 0 Å². The lowest BCUT2D eigenvalue weighted by molar-refractivity contribution is 0.521. The Morgan fingerprint density at radius 3 is 2.24 bits per heavy atom. The molecule has 0 saturated carbocycles. The molecule has 0 aliphatic heterocycles. The molecule has 0 saturated heterocycles. The van der Waals surface area contributed by atoms with Gasteiger partial charge in [0, 0.05) is 39.2 Å². The Hall–Kier alpha value is -1.41. The SMILES string of the molecule is CCNc1cc(NCCS(=O)(=O)N(C)C)nc(C(C)C)n1. The highest BCUT2D eigenvalue weighted by Gasteiger charge is 2.13. The first-order valence-electron chi connectivity index (χ1n) is 7.03. The van der Waals surface area contributed by atoms with Gasteiger partial charge in [-0.1, -0.05) is 13.8 Å². The zero-order valence-corrected chi connectivity index (χ0v) is 14.2. The lowest BCUT2D eigenvalue weighted by atomic mass is 10.2. The van der Waals surface area contributed by atoms with Crippen molar-refractivity contribution in [3.05, 3.63) is 11.9 Å². The molecule has 0 amide bonds. The van der Waals surface area contributed by atoms with Gasteiger partial charge in [-0.05, 0) is 6.92 Å². The number of anilines is 2. The average molecular weight is 315 g/mol. The van der Waals surface area contributed by atoms with Crippen molar-refractivity contribution < 1.29 is 8.42 Å². The summed E-state index contributed by atoms with van der Waals surface area (Å²) in [6.07, 6.45) is 0. The van der Waals surface area contributed by atoms with Gasteiger partial charge in [0.1, 0.15) is 17.5 Å². The number of hydrogen-bond donors (Lipinski definition) is 2. The molecule has 0 bridgehead atoms. The highest BCUT2D eigenvalue weighted by Crippen LogP contribution is 2.16. The molecule has 1 aromatic rings. The summed E-state index contributed by atoms with van der Waals surface area (Å²) < 4.78 is 24.6. The third kappa shape index (κ3) is 5.47. The summed E-state index contributed by atoms with van der Waals surface area (Å²) in [7, 11) is -0.147. The number of aromatic nitrogens is 2. The molecule has 0 radical (unpaired) electrons. The number of hydrogen-bond acceptors (Lipinski definition) is 6. The average Bonchev–Trinajstić information content (AvgIpc) is 2.38. The maximum absolute atomic E-state index is 11.7. The fourth-order valence-electron chi connectivity index (χ4n) is 1.58. The second-order valence-corrected chi connectivity index (χ2v) is 7.51. The molecule has 8 heteroatoms. The van der Waals surface area contributed by atoms with Gasteiger partial charge in [0.15, 0.2) is 0 Å². The maximum atomic E-state index is 11.7. The molecule has 1 heterocycles. The topological polar surface area (TPSA) is 87.2 Å². The van der Waals surface area contributed by atoms with Crippen LogP contribution in [0.1, 0.15) is 32.5 Å². The van der Waals surface area contributed by atoms with Gasteiger partial charge in [-0.25, -0.2) is 22.7 Å². The first kappa shape index (κ1) is 17.6. The van der Waals surface area contributed by atoms with Crippen LogP contribution in [0.4, 0.5) is 11.6 Å². The van der Waals surface area contributed by atoms with Gasteiger partial charge in [-0.15, -0.1) is 0 Å². The molecule has 0 aliphatic carbocycles. The number of nitrogens with zero attached hydrogens (tertiary/aromatic N) is 3. The summed E-state index contributed by atoms with van der Waals surface area (Å²) in [5.74, 6) is 2.34. The van der Waals surface area contributed by atoms with Crippen LogP contribution in [0.5, 0.6) is 0 Å². The van der Waals surface area contributed by atoms with E-state index in [0.717, 1.165) is 18.2 Å².